The van der Waals surface area contributed by atoms with Crippen LogP contribution in [-0.4, -0.2) is 18.2 Å². The van der Waals surface area contributed by atoms with E-state index < -0.39 is 5.97 Å². The van der Waals surface area contributed by atoms with E-state index in [0.717, 1.165) is 4.88 Å². The number of carbonyl (C=O) groups is 1. The predicted molar refractivity (Wildman–Crippen MR) is 81.0 cm³/mol. The summed E-state index contributed by atoms with van der Waals surface area (Å²) in [5, 5.41) is 12.0. The monoisotopic (exact) mass is 300 g/mol. The average Bonchev–Trinajstić information content (AvgIpc) is 3.11. The second-order valence-electron chi connectivity index (χ2n) is 4.37. The summed E-state index contributed by atoms with van der Waals surface area (Å²) in [6.07, 6.45) is 3.26. The van der Waals surface area contributed by atoms with Crippen molar-refractivity contribution in [2.24, 2.45) is 0 Å². The van der Waals surface area contributed by atoms with E-state index in [1.807, 2.05) is 17.5 Å². The molecular formula is C16H12O4S. The molecule has 1 aromatic carbocycles. The minimum Gasteiger partial charge on any atom is -0.504 e. The standard InChI is InChI=1S/C16H12O4S/c1-19-12-5-2-4-10(15(12)17)8-11-9-13(20-16(11)18)14-6-3-7-21-14/h2-9,17H,1H3/b11-8+. The number of aromatic hydroxyl groups is 1. The van der Waals surface area contributed by atoms with Gasteiger partial charge in [-0.3, -0.25) is 0 Å². The first-order chi connectivity index (χ1) is 10.2. The van der Waals surface area contributed by atoms with Crippen molar-refractivity contribution in [3.8, 4) is 11.5 Å². The van der Waals surface area contributed by atoms with Crippen LogP contribution in [0.5, 0.6) is 11.5 Å². The van der Waals surface area contributed by atoms with Gasteiger partial charge in [-0.25, -0.2) is 4.79 Å². The van der Waals surface area contributed by atoms with Gasteiger partial charge in [-0.1, -0.05) is 18.2 Å². The Labute approximate surface area is 125 Å². The molecule has 0 atom stereocenters. The van der Waals surface area contributed by atoms with E-state index in [-0.39, 0.29) is 5.75 Å². The summed E-state index contributed by atoms with van der Waals surface area (Å²) < 4.78 is 10.3. The Morgan fingerprint density at radius 1 is 1.29 bits per heavy atom. The summed E-state index contributed by atoms with van der Waals surface area (Å²) in [7, 11) is 1.48. The maximum atomic E-state index is 11.9. The molecule has 1 N–H and O–H groups in total. The van der Waals surface area contributed by atoms with Crippen molar-refractivity contribution >= 4 is 29.1 Å². The van der Waals surface area contributed by atoms with Crippen molar-refractivity contribution in [2.45, 2.75) is 0 Å². The molecule has 1 aliphatic rings. The Balaban J connectivity index is 1.98. The fourth-order valence-electron chi connectivity index (χ4n) is 2.02. The van der Waals surface area contributed by atoms with Gasteiger partial charge < -0.3 is 14.6 Å². The normalized spacial score (nSPS) is 16.0. The zero-order chi connectivity index (χ0) is 14.8. The molecule has 2 heterocycles. The number of benzene rings is 1. The molecule has 3 rings (SSSR count). The molecule has 4 nitrogen and oxygen atoms in total. The lowest BCUT2D eigenvalue weighted by Gasteiger charge is -2.05. The highest BCUT2D eigenvalue weighted by Crippen LogP contribution is 2.34. The van der Waals surface area contributed by atoms with Gasteiger partial charge in [0.05, 0.1) is 17.6 Å². The molecule has 0 spiro atoms. The highest BCUT2D eigenvalue weighted by molar-refractivity contribution is 7.11. The molecule has 21 heavy (non-hydrogen) atoms. The van der Waals surface area contributed by atoms with Gasteiger partial charge >= 0.3 is 5.97 Å². The van der Waals surface area contributed by atoms with Gasteiger partial charge in [-0.05, 0) is 29.7 Å². The number of cyclic esters (lactones) is 1. The maximum absolute atomic E-state index is 11.9. The van der Waals surface area contributed by atoms with Crippen molar-refractivity contribution in [2.75, 3.05) is 7.11 Å². The molecule has 0 radical (unpaired) electrons. The number of carbonyl (C=O) groups excluding carboxylic acids is 1. The first-order valence-electron chi connectivity index (χ1n) is 6.24. The van der Waals surface area contributed by atoms with Gasteiger partial charge in [0, 0.05) is 5.56 Å². The number of hydrogen-bond donors (Lipinski definition) is 1. The van der Waals surface area contributed by atoms with Crippen molar-refractivity contribution < 1.29 is 19.4 Å². The zero-order valence-electron chi connectivity index (χ0n) is 11.2. The van der Waals surface area contributed by atoms with Gasteiger partial charge in [-0.2, -0.15) is 0 Å². The smallest absolute Gasteiger partial charge is 0.343 e. The molecule has 2 aromatic rings. The SMILES string of the molecule is COc1cccc(/C=C2\C=C(c3cccs3)OC2=O)c1O. The lowest BCUT2D eigenvalue weighted by atomic mass is 10.1. The highest BCUT2D eigenvalue weighted by Gasteiger charge is 2.23. The van der Waals surface area contributed by atoms with E-state index in [1.54, 1.807) is 30.4 Å². The largest absolute Gasteiger partial charge is 0.504 e. The topological polar surface area (TPSA) is 55.8 Å². The van der Waals surface area contributed by atoms with Crippen LogP contribution in [0.25, 0.3) is 11.8 Å². The minimum absolute atomic E-state index is 0.00160. The van der Waals surface area contributed by atoms with Crippen LogP contribution in [0.1, 0.15) is 10.4 Å². The summed E-state index contributed by atoms with van der Waals surface area (Å²) in [5.41, 5.74) is 0.895. The Hall–Kier alpha value is -2.53. The molecule has 0 bridgehead atoms. The molecule has 1 aliphatic heterocycles. The number of thiophene rings is 1. The van der Waals surface area contributed by atoms with Crippen molar-refractivity contribution in [1.29, 1.82) is 0 Å². The fraction of sp³-hybridized carbons (Fsp3) is 0.0625. The van der Waals surface area contributed by atoms with E-state index in [0.29, 0.717) is 22.6 Å². The van der Waals surface area contributed by atoms with Crippen LogP contribution in [0.15, 0.2) is 47.4 Å². The van der Waals surface area contributed by atoms with Gasteiger partial charge in [0.15, 0.2) is 11.5 Å². The highest BCUT2D eigenvalue weighted by atomic mass is 32.1. The molecule has 0 fully saturated rings. The molecule has 5 heteroatoms. The summed E-state index contributed by atoms with van der Waals surface area (Å²) in [6, 6.07) is 8.88. The fourth-order valence-corrected chi connectivity index (χ4v) is 2.69. The summed E-state index contributed by atoms with van der Waals surface area (Å²) in [5.74, 6) is 0.459. The third-order valence-corrected chi connectivity index (χ3v) is 3.93. The van der Waals surface area contributed by atoms with Gasteiger partial charge in [0.25, 0.3) is 0 Å². The predicted octanol–water partition coefficient (Wildman–Crippen LogP) is 3.44. The van der Waals surface area contributed by atoms with Crippen LogP contribution in [0.3, 0.4) is 0 Å². The van der Waals surface area contributed by atoms with Crippen molar-refractivity contribution in [1.82, 2.24) is 0 Å². The van der Waals surface area contributed by atoms with E-state index in [4.69, 9.17) is 9.47 Å². The van der Waals surface area contributed by atoms with Crippen LogP contribution in [0, 0.1) is 0 Å². The number of phenols is 1. The first kappa shape index (κ1) is 13.5. The number of hydrogen-bond acceptors (Lipinski definition) is 5. The molecular weight excluding hydrogens is 288 g/mol. The van der Waals surface area contributed by atoms with Crippen LogP contribution in [0.2, 0.25) is 0 Å². The Morgan fingerprint density at radius 2 is 2.14 bits per heavy atom. The number of methoxy groups -OCH3 is 1. The molecule has 0 saturated heterocycles. The Kier molecular flexibility index (Phi) is 3.50. The summed E-state index contributed by atoms with van der Waals surface area (Å²) >= 11 is 1.50. The van der Waals surface area contributed by atoms with E-state index >= 15 is 0 Å². The van der Waals surface area contributed by atoms with Gasteiger partial charge in [-0.15, -0.1) is 11.3 Å². The molecule has 0 unspecified atom stereocenters. The van der Waals surface area contributed by atoms with E-state index in [1.165, 1.54) is 18.4 Å². The Bertz CT molecular complexity index is 742. The third-order valence-electron chi connectivity index (χ3n) is 3.05. The van der Waals surface area contributed by atoms with Crippen LogP contribution in [-0.2, 0) is 9.53 Å². The quantitative estimate of drug-likeness (QED) is 0.697. The minimum atomic E-state index is -0.430. The molecule has 0 saturated carbocycles. The number of phenolic OH excluding ortho intramolecular Hbond substituents is 1. The van der Waals surface area contributed by atoms with E-state index in [9.17, 15) is 9.90 Å². The first-order valence-corrected chi connectivity index (χ1v) is 7.12. The second kappa shape index (κ2) is 5.46. The maximum Gasteiger partial charge on any atom is 0.343 e. The van der Waals surface area contributed by atoms with Crippen LogP contribution < -0.4 is 4.74 Å². The van der Waals surface area contributed by atoms with Crippen LogP contribution >= 0.6 is 11.3 Å². The molecule has 106 valence electrons. The molecule has 1 aromatic heterocycles. The second-order valence-corrected chi connectivity index (χ2v) is 5.32. The lowest BCUT2D eigenvalue weighted by Crippen LogP contribution is -1.96. The number of para-hydroxylation sites is 1. The Morgan fingerprint density at radius 3 is 2.86 bits per heavy atom. The van der Waals surface area contributed by atoms with E-state index in [2.05, 4.69) is 0 Å². The van der Waals surface area contributed by atoms with Gasteiger partial charge in [0.1, 0.15) is 5.76 Å². The average molecular weight is 300 g/mol. The summed E-state index contributed by atoms with van der Waals surface area (Å²) in [6.45, 7) is 0. The van der Waals surface area contributed by atoms with Crippen LogP contribution in [0.4, 0.5) is 0 Å². The number of rotatable bonds is 3. The van der Waals surface area contributed by atoms with Crippen molar-refractivity contribution in [3.05, 3.63) is 57.8 Å². The zero-order valence-corrected chi connectivity index (χ0v) is 12.0. The van der Waals surface area contributed by atoms with Crippen molar-refractivity contribution in [3.63, 3.8) is 0 Å². The van der Waals surface area contributed by atoms with Gasteiger partial charge in [0.2, 0.25) is 0 Å². The summed E-state index contributed by atoms with van der Waals surface area (Å²) in [4.78, 5) is 12.8. The number of esters is 1. The molecule has 0 amide bonds. The molecule has 0 aliphatic carbocycles. The lowest BCUT2D eigenvalue weighted by molar-refractivity contribution is -0.130. The number of ether oxygens (including phenoxy) is 2. The third kappa shape index (κ3) is 2.55.